The minimum absolute atomic E-state index is 0.0283. The van der Waals surface area contributed by atoms with E-state index in [1.54, 1.807) is 6.08 Å². The molecule has 2 amide bonds. The van der Waals surface area contributed by atoms with Crippen molar-refractivity contribution in [1.29, 1.82) is 0 Å². The van der Waals surface area contributed by atoms with Crippen LogP contribution in [0, 0.1) is 11.8 Å². The fourth-order valence-electron chi connectivity index (χ4n) is 4.84. The molecule has 5 rings (SSSR count). The van der Waals surface area contributed by atoms with E-state index in [1.165, 1.54) is 73.1 Å². The third-order valence-electron chi connectivity index (χ3n) is 6.93. The van der Waals surface area contributed by atoms with E-state index >= 15 is 0 Å². The van der Waals surface area contributed by atoms with Crippen LogP contribution in [0.2, 0.25) is 0 Å². The number of carbonyl (C=O) groups excluding carboxylic acids is 3. The predicted octanol–water partition coefficient (Wildman–Crippen LogP) is 0.219. The fourth-order valence-corrected chi connectivity index (χ4v) is 4.84. The number of hydrogen-bond donors (Lipinski definition) is 4. The van der Waals surface area contributed by atoms with Gasteiger partial charge in [-0.2, -0.15) is 10.2 Å². The molecule has 0 radical (unpaired) electrons. The van der Waals surface area contributed by atoms with Gasteiger partial charge in [-0.15, -0.1) is 5.10 Å². The van der Waals surface area contributed by atoms with Gasteiger partial charge < -0.3 is 16.5 Å². The molecule has 16 nitrogen and oxygen atoms in total. The molecule has 0 bridgehead atoms. The number of imidazole rings is 2. The zero-order valence-corrected chi connectivity index (χ0v) is 22.2. The molecule has 0 aromatic carbocycles. The van der Waals surface area contributed by atoms with Crippen LogP contribution in [0.3, 0.4) is 0 Å². The molecule has 2 saturated carbocycles. The maximum atomic E-state index is 12.3. The summed E-state index contributed by atoms with van der Waals surface area (Å²) in [7, 11) is 0. The fraction of sp³-hybridized carbons (Fsp3) is 0.583. The summed E-state index contributed by atoms with van der Waals surface area (Å²) in [4.78, 5) is 57.2. The number of rotatable bonds is 7. The summed E-state index contributed by atoms with van der Waals surface area (Å²) in [5.74, 6) is -0.0667. The van der Waals surface area contributed by atoms with E-state index in [0.29, 0.717) is 24.9 Å². The van der Waals surface area contributed by atoms with E-state index < -0.39 is 11.8 Å². The number of nitrogens with two attached hydrogens (primary N) is 3. The van der Waals surface area contributed by atoms with Crippen molar-refractivity contribution in [3.8, 4) is 0 Å². The molecule has 16 heteroatoms. The molecule has 2 aliphatic carbocycles. The summed E-state index contributed by atoms with van der Waals surface area (Å²) in [6.45, 7) is 1.27. The molecule has 3 heterocycles. The van der Waals surface area contributed by atoms with E-state index in [1.807, 2.05) is 0 Å². The van der Waals surface area contributed by atoms with E-state index in [0.717, 1.165) is 12.8 Å². The van der Waals surface area contributed by atoms with Crippen molar-refractivity contribution in [2.45, 2.75) is 70.8 Å². The van der Waals surface area contributed by atoms with Gasteiger partial charge in [-0.3, -0.25) is 9.59 Å². The number of primary amides is 2. The Morgan fingerprint density at radius 3 is 2.23 bits per heavy atom. The number of amides is 2. The third-order valence-corrected chi connectivity index (χ3v) is 6.93. The molecule has 0 aliphatic heterocycles. The van der Waals surface area contributed by atoms with Gasteiger partial charge in [0.25, 0.3) is 11.8 Å². The molecule has 0 spiro atoms. The SMILES string of the molecule is NC(=O)c1[nH]cnc1N=[NH2+].NC(=O)c1ncn2c(=O)n(CC3CCCCC3)nnc12.O=C=NCC1CCCCC1. The molecular weight excluding hydrogens is 520 g/mol. The van der Waals surface area contributed by atoms with Gasteiger partial charge >= 0.3 is 5.69 Å². The summed E-state index contributed by atoms with van der Waals surface area (Å²) >= 11 is 0. The number of fused-ring (bicyclic) bond motifs is 1. The normalized spacial score (nSPS) is 15.6. The average molecular weight is 556 g/mol. The highest BCUT2D eigenvalue weighted by Crippen LogP contribution is 2.24. The van der Waals surface area contributed by atoms with E-state index in [2.05, 4.69) is 35.4 Å². The zero-order valence-electron chi connectivity index (χ0n) is 22.2. The van der Waals surface area contributed by atoms with Gasteiger partial charge in [-0.1, -0.05) is 43.7 Å². The highest BCUT2D eigenvalue weighted by molar-refractivity contribution is 5.96. The van der Waals surface area contributed by atoms with Gasteiger partial charge in [0.2, 0.25) is 11.9 Å². The van der Waals surface area contributed by atoms with Crippen LogP contribution in [0.1, 0.15) is 85.2 Å². The van der Waals surface area contributed by atoms with E-state index in [9.17, 15) is 19.2 Å². The van der Waals surface area contributed by atoms with Crippen molar-refractivity contribution in [1.82, 2.24) is 34.3 Å². The van der Waals surface area contributed by atoms with Crippen LogP contribution in [0.4, 0.5) is 5.82 Å². The molecule has 0 atom stereocenters. The molecule has 214 valence electrons. The summed E-state index contributed by atoms with van der Waals surface area (Å²) < 4.78 is 2.56. The lowest BCUT2D eigenvalue weighted by atomic mass is 9.89. The number of aliphatic imine (C=N–C) groups is 1. The first kappa shape index (κ1) is 30.0. The highest BCUT2D eigenvalue weighted by Gasteiger charge is 2.19. The quantitative estimate of drug-likeness (QED) is 0.178. The number of nitrogens with zero attached hydrogens (tertiary/aromatic N) is 8. The van der Waals surface area contributed by atoms with Crippen LogP contribution < -0.4 is 22.7 Å². The van der Waals surface area contributed by atoms with E-state index in [4.69, 9.17) is 17.0 Å². The Morgan fingerprint density at radius 1 is 1.02 bits per heavy atom. The van der Waals surface area contributed by atoms with Crippen molar-refractivity contribution in [3.05, 3.63) is 34.5 Å². The maximum absolute atomic E-state index is 12.3. The van der Waals surface area contributed by atoms with Gasteiger partial charge in [0.1, 0.15) is 6.33 Å². The lowest BCUT2D eigenvalue weighted by molar-refractivity contribution is -0.211. The van der Waals surface area contributed by atoms with Crippen LogP contribution in [-0.2, 0) is 11.3 Å². The van der Waals surface area contributed by atoms with Crippen LogP contribution in [-0.4, -0.2) is 58.8 Å². The Bertz CT molecular complexity index is 1390. The molecule has 0 saturated heterocycles. The summed E-state index contributed by atoms with van der Waals surface area (Å²) in [6, 6.07) is 0. The lowest BCUT2D eigenvalue weighted by Gasteiger charge is -2.21. The largest absolute Gasteiger partial charge is 0.364 e. The van der Waals surface area contributed by atoms with Crippen molar-refractivity contribution in [3.63, 3.8) is 0 Å². The number of aromatic amines is 1. The summed E-state index contributed by atoms with van der Waals surface area (Å²) in [5.41, 5.74) is 14.8. The Kier molecular flexibility index (Phi) is 11.3. The van der Waals surface area contributed by atoms with Crippen molar-refractivity contribution < 1.29 is 19.9 Å². The van der Waals surface area contributed by atoms with Crippen LogP contribution in [0.15, 0.2) is 27.6 Å². The van der Waals surface area contributed by atoms with Crippen LogP contribution in [0.25, 0.3) is 5.65 Å². The lowest BCUT2D eigenvalue weighted by Crippen LogP contribution is -2.32. The van der Waals surface area contributed by atoms with Crippen molar-refractivity contribution in [2.75, 3.05) is 6.54 Å². The summed E-state index contributed by atoms with van der Waals surface area (Å²) in [6.07, 6.45) is 16.6. The van der Waals surface area contributed by atoms with Crippen LogP contribution >= 0.6 is 0 Å². The molecule has 2 aliphatic rings. The van der Waals surface area contributed by atoms with Gasteiger partial charge in [0.05, 0.1) is 19.4 Å². The highest BCUT2D eigenvalue weighted by atomic mass is 16.2. The Labute approximate surface area is 229 Å². The Morgan fingerprint density at radius 2 is 1.68 bits per heavy atom. The topological polar surface area (TPSA) is 247 Å². The first-order chi connectivity index (χ1) is 19.3. The second-order valence-electron chi connectivity index (χ2n) is 9.74. The van der Waals surface area contributed by atoms with Gasteiger partial charge in [-0.25, -0.2) is 29.0 Å². The van der Waals surface area contributed by atoms with Crippen LogP contribution in [0.5, 0.6) is 0 Å². The monoisotopic (exact) mass is 555 g/mol. The number of aromatic nitrogens is 7. The minimum Gasteiger partial charge on any atom is -0.364 e. The molecule has 2 fully saturated rings. The number of H-pyrrole nitrogens is 1. The molecule has 7 N–H and O–H groups in total. The van der Waals surface area contributed by atoms with Crippen molar-refractivity contribution >= 4 is 29.4 Å². The molecule has 0 unspecified atom stereocenters. The standard InChI is InChI=1S/C12H16N6O2.C8H13NO.C4H5N5O/c13-10(19)9-11-15-16-18(12(20)17(11)7-14-9)6-8-4-2-1-3-5-8;10-7-9-6-8-4-2-1-3-5-8;5-3(10)2-4(9-6)8-1-7-2/h7-8H,1-6H2,(H2,13,19);8H,1-6H2;1,6H,(H2,5,10)(H,7,8)/p+1. The Hall–Kier alpha value is -4.59. The number of carbonyl (C=O) groups is 2. The number of hydrogen-bond acceptors (Lipinski definition) is 10. The van der Waals surface area contributed by atoms with Crippen molar-refractivity contribution in [2.24, 2.45) is 33.4 Å². The summed E-state index contributed by atoms with van der Waals surface area (Å²) in [5, 5.41) is 11.0. The first-order valence-electron chi connectivity index (χ1n) is 13.2. The van der Waals surface area contributed by atoms with E-state index in [-0.39, 0.29) is 28.5 Å². The molecule has 3 aromatic heterocycles. The Balaban J connectivity index is 0.000000185. The second kappa shape index (κ2) is 15.1. The molecular formula is C24H35N12O4+. The third kappa shape index (κ3) is 8.20. The zero-order chi connectivity index (χ0) is 28.9. The van der Waals surface area contributed by atoms with Gasteiger partial charge in [0, 0.05) is 5.11 Å². The number of nitrogens with one attached hydrogen (secondary N) is 1. The van der Waals surface area contributed by atoms with Gasteiger partial charge in [0.15, 0.2) is 17.0 Å². The first-order valence-corrected chi connectivity index (χ1v) is 13.2. The maximum Gasteiger partial charge on any atom is 0.352 e. The second-order valence-corrected chi connectivity index (χ2v) is 9.74. The average Bonchev–Trinajstić information content (AvgIpc) is 3.63. The predicted molar refractivity (Wildman–Crippen MR) is 141 cm³/mol. The van der Waals surface area contributed by atoms with Gasteiger partial charge in [-0.05, 0) is 37.5 Å². The number of isocyanates is 1. The minimum atomic E-state index is -0.716. The smallest absolute Gasteiger partial charge is 0.352 e. The molecule has 3 aromatic rings. The molecule has 40 heavy (non-hydrogen) atoms.